The van der Waals surface area contributed by atoms with Gasteiger partial charge in [0.25, 0.3) is 0 Å². The molecule has 0 unspecified atom stereocenters. The van der Waals surface area contributed by atoms with Crippen molar-refractivity contribution in [2.24, 2.45) is 0 Å². The summed E-state index contributed by atoms with van der Waals surface area (Å²) in [5, 5.41) is 3.88. The van der Waals surface area contributed by atoms with E-state index < -0.39 is 0 Å². The molecule has 0 radical (unpaired) electrons. The smallest absolute Gasteiger partial charge is 0.322 e. The molecular formula is C13H16Cl2N2O. The molecule has 3 nitrogen and oxygen atoms in total. The van der Waals surface area contributed by atoms with Crippen LogP contribution in [0.25, 0.3) is 0 Å². The van der Waals surface area contributed by atoms with Crippen LogP contribution in [0.2, 0.25) is 10.0 Å². The predicted octanol–water partition coefficient (Wildman–Crippen LogP) is 4.40. The van der Waals surface area contributed by atoms with E-state index >= 15 is 0 Å². The minimum atomic E-state index is -0.0828. The third kappa shape index (κ3) is 3.30. The van der Waals surface area contributed by atoms with Crippen LogP contribution in [0.15, 0.2) is 18.2 Å². The van der Waals surface area contributed by atoms with E-state index in [0.29, 0.717) is 15.7 Å². The number of likely N-dealkylation sites (tertiary alicyclic amines) is 1. The monoisotopic (exact) mass is 286 g/mol. The molecule has 1 heterocycles. The molecule has 98 valence electrons. The Bertz CT molecular complexity index is 430. The zero-order chi connectivity index (χ0) is 13.1. The highest BCUT2D eigenvalue weighted by Crippen LogP contribution is 2.24. The predicted molar refractivity (Wildman–Crippen MR) is 75.5 cm³/mol. The van der Waals surface area contributed by atoms with E-state index in [9.17, 15) is 4.79 Å². The lowest BCUT2D eigenvalue weighted by molar-refractivity contribution is 0.170. The van der Waals surface area contributed by atoms with Gasteiger partial charge in [-0.2, -0.15) is 0 Å². The van der Waals surface area contributed by atoms with Gasteiger partial charge in [0.05, 0.1) is 0 Å². The topological polar surface area (TPSA) is 32.3 Å². The largest absolute Gasteiger partial charge is 0.322 e. The molecule has 1 aliphatic heterocycles. The Hall–Kier alpha value is -0.930. The molecule has 0 spiro atoms. The van der Waals surface area contributed by atoms with Crippen molar-refractivity contribution in [2.75, 3.05) is 11.9 Å². The van der Waals surface area contributed by atoms with Gasteiger partial charge in [0.2, 0.25) is 0 Å². The van der Waals surface area contributed by atoms with Crippen molar-refractivity contribution in [2.45, 2.75) is 32.2 Å². The summed E-state index contributed by atoms with van der Waals surface area (Å²) in [6.45, 7) is 2.88. The highest BCUT2D eigenvalue weighted by Gasteiger charge is 2.23. The van der Waals surface area contributed by atoms with Gasteiger partial charge in [0, 0.05) is 28.3 Å². The lowest BCUT2D eigenvalue weighted by Gasteiger charge is -2.33. The summed E-state index contributed by atoms with van der Waals surface area (Å²) in [4.78, 5) is 14.0. The van der Waals surface area contributed by atoms with E-state index in [4.69, 9.17) is 23.2 Å². The first-order valence-corrected chi connectivity index (χ1v) is 6.85. The molecule has 1 aromatic rings. The molecule has 1 fully saturated rings. The van der Waals surface area contributed by atoms with Gasteiger partial charge >= 0.3 is 6.03 Å². The van der Waals surface area contributed by atoms with Crippen LogP contribution in [0.5, 0.6) is 0 Å². The van der Waals surface area contributed by atoms with E-state index in [1.54, 1.807) is 18.2 Å². The number of nitrogens with zero attached hydrogens (tertiary/aromatic N) is 1. The molecule has 2 amide bonds. The van der Waals surface area contributed by atoms with Gasteiger partial charge in [-0.3, -0.25) is 0 Å². The first kappa shape index (κ1) is 13.5. The fourth-order valence-electron chi connectivity index (χ4n) is 2.22. The number of amides is 2. The first-order valence-electron chi connectivity index (χ1n) is 6.10. The Labute approximate surface area is 117 Å². The Morgan fingerprint density at radius 1 is 1.28 bits per heavy atom. The van der Waals surface area contributed by atoms with Crippen LogP contribution < -0.4 is 5.32 Å². The molecule has 0 aliphatic carbocycles. The number of carbonyl (C=O) groups is 1. The number of halogens is 2. The minimum Gasteiger partial charge on any atom is -0.322 e. The van der Waals surface area contributed by atoms with Crippen molar-refractivity contribution >= 4 is 34.9 Å². The summed E-state index contributed by atoms with van der Waals surface area (Å²) >= 11 is 11.8. The van der Waals surface area contributed by atoms with Crippen LogP contribution in [0, 0.1) is 0 Å². The normalized spacial score (nSPS) is 19.7. The maximum absolute atomic E-state index is 12.1. The number of urea groups is 1. The molecule has 1 N–H and O–H groups in total. The van der Waals surface area contributed by atoms with Crippen LogP contribution in [-0.2, 0) is 0 Å². The quantitative estimate of drug-likeness (QED) is 0.815. The standard InChI is InChI=1S/C13H16Cl2N2O/c1-9-4-2-3-5-17(9)13(18)16-12-7-10(14)6-11(15)8-12/h6-9H,2-5H2,1H3,(H,16,18)/t9-/m1/s1. The number of rotatable bonds is 1. The van der Waals surface area contributed by atoms with Crippen LogP contribution in [-0.4, -0.2) is 23.5 Å². The van der Waals surface area contributed by atoms with Gasteiger partial charge in [-0.05, 0) is 44.4 Å². The van der Waals surface area contributed by atoms with E-state index in [-0.39, 0.29) is 12.1 Å². The lowest BCUT2D eigenvalue weighted by atomic mass is 10.0. The van der Waals surface area contributed by atoms with Crippen molar-refractivity contribution in [3.8, 4) is 0 Å². The molecule has 0 bridgehead atoms. The summed E-state index contributed by atoms with van der Waals surface area (Å²) in [5.74, 6) is 0. The summed E-state index contributed by atoms with van der Waals surface area (Å²) < 4.78 is 0. The average molecular weight is 287 g/mol. The third-order valence-corrected chi connectivity index (χ3v) is 3.61. The van der Waals surface area contributed by atoms with Crippen molar-refractivity contribution < 1.29 is 4.79 Å². The third-order valence-electron chi connectivity index (χ3n) is 3.18. The van der Waals surface area contributed by atoms with E-state index in [1.165, 1.54) is 6.42 Å². The summed E-state index contributed by atoms with van der Waals surface area (Å²) in [7, 11) is 0. The fourth-order valence-corrected chi connectivity index (χ4v) is 2.75. The Balaban J connectivity index is 2.06. The molecule has 1 atom stereocenters. The van der Waals surface area contributed by atoms with Crippen molar-refractivity contribution in [1.82, 2.24) is 4.90 Å². The molecule has 18 heavy (non-hydrogen) atoms. The minimum absolute atomic E-state index is 0.0828. The number of anilines is 1. The van der Waals surface area contributed by atoms with E-state index in [0.717, 1.165) is 19.4 Å². The van der Waals surface area contributed by atoms with Gasteiger partial charge < -0.3 is 10.2 Å². The molecule has 1 aliphatic rings. The molecule has 1 saturated heterocycles. The summed E-state index contributed by atoms with van der Waals surface area (Å²) in [5.41, 5.74) is 0.635. The fraction of sp³-hybridized carbons (Fsp3) is 0.462. The van der Waals surface area contributed by atoms with Gasteiger partial charge in [0.1, 0.15) is 0 Å². The highest BCUT2D eigenvalue weighted by molar-refractivity contribution is 6.35. The second kappa shape index (κ2) is 5.81. The van der Waals surface area contributed by atoms with Crippen LogP contribution in [0.3, 0.4) is 0 Å². The molecule has 1 aromatic carbocycles. The number of carbonyl (C=O) groups excluding carboxylic acids is 1. The van der Waals surface area contributed by atoms with Crippen LogP contribution in [0.1, 0.15) is 26.2 Å². The summed E-state index contributed by atoms with van der Waals surface area (Å²) in [6.07, 6.45) is 3.31. The van der Waals surface area contributed by atoms with Gasteiger partial charge in [0.15, 0.2) is 0 Å². The molecule has 5 heteroatoms. The number of hydrogen-bond donors (Lipinski definition) is 1. The highest BCUT2D eigenvalue weighted by atomic mass is 35.5. The maximum atomic E-state index is 12.1. The Morgan fingerprint density at radius 3 is 2.56 bits per heavy atom. The SMILES string of the molecule is C[C@@H]1CCCCN1C(=O)Nc1cc(Cl)cc(Cl)c1. The summed E-state index contributed by atoms with van der Waals surface area (Å²) in [6, 6.07) is 5.23. The Morgan fingerprint density at radius 2 is 1.94 bits per heavy atom. The lowest BCUT2D eigenvalue weighted by Crippen LogP contribution is -2.44. The van der Waals surface area contributed by atoms with Crippen molar-refractivity contribution in [3.63, 3.8) is 0 Å². The molecule has 0 saturated carbocycles. The van der Waals surface area contributed by atoms with Crippen molar-refractivity contribution in [3.05, 3.63) is 28.2 Å². The average Bonchev–Trinajstić information content (AvgIpc) is 2.27. The van der Waals surface area contributed by atoms with Crippen molar-refractivity contribution in [1.29, 1.82) is 0 Å². The number of benzene rings is 1. The van der Waals surface area contributed by atoms with E-state index in [1.807, 2.05) is 4.90 Å². The van der Waals surface area contributed by atoms with Crippen LogP contribution in [0.4, 0.5) is 10.5 Å². The first-order chi connectivity index (χ1) is 8.56. The maximum Gasteiger partial charge on any atom is 0.322 e. The second-order valence-corrected chi connectivity index (χ2v) is 5.50. The van der Waals surface area contributed by atoms with Crippen LogP contribution >= 0.6 is 23.2 Å². The zero-order valence-electron chi connectivity index (χ0n) is 10.2. The van der Waals surface area contributed by atoms with Gasteiger partial charge in [-0.15, -0.1) is 0 Å². The number of hydrogen-bond acceptors (Lipinski definition) is 1. The second-order valence-electron chi connectivity index (χ2n) is 4.63. The Kier molecular flexibility index (Phi) is 4.36. The number of piperidine rings is 1. The molecule has 0 aromatic heterocycles. The van der Waals surface area contributed by atoms with Gasteiger partial charge in [-0.25, -0.2) is 4.79 Å². The zero-order valence-corrected chi connectivity index (χ0v) is 11.8. The molecule has 2 rings (SSSR count). The number of nitrogens with one attached hydrogen (secondary N) is 1. The van der Waals surface area contributed by atoms with E-state index in [2.05, 4.69) is 12.2 Å². The molecular weight excluding hydrogens is 271 g/mol. The van der Waals surface area contributed by atoms with Gasteiger partial charge in [-0.1, -0.05) is 23.2 Å².